The highest BCUT2D eigenvalue weighted by atomic mass is 31.2. The van der Waals surface area contributed by atoms with Gasteiger partial charge in [0, 0.05) is 43.9 Å². The molecule has 15 nitrogen and oxygen atoms in total. The fourth-order valence-electron chi connectivity index (χ4n) is 4.15. The number of hydrogen-bond acceptors (Lipinski definition) is 11. The Balaban J connectivity index is 1.42. The summed E-state index contributed by atoms with van der Waals surface area (Å²) < 4.78 is 32.6. The van der Waals surface area contributed by atoms with E-state index in [4.69, 9.17) is 24.0 Å². The van der Waals surface area contributed by atoms with Crippen LogP contribution in [-0.4, -0.2) is 82.8 Å². The molecule has 0 bridgehead atoms. The van der Waals surface area contributed by atoms with Gasteiger partial charge in [-0.1, -0.05) is 12.1 Å². The van der Waals surface area contributed by atoms with Gasteiger partial charge < -0.3 is 29.4 Å². The lowest BCUT2D eigenvalue weighted by Gasteiger charge is -2.17. The molecule has 4 N–H and O–H groups in total. The maximum Gasteiger partial charge on any atom is 0.524 e. The van der Waals surface area contributed by atoms with Crippen molar-refractivity contribution in [1.29, 1.82) is 0 Å². The summed E-state index contributed by atoms with van der Waals surface area (Å²) in [6.07, 6.45) is 3.04. The fourth-order valence-corrected chi connectivity index (χ4v) is 4.53. The number of methoxy groups -OCH3 is 2. The van der Waals surface area contributed by atoms with Gasteiger partial charge in [0.1, 0.15) is 23.9 Å². The lowest BCUT2D eigenvalue weighted by Crippen LogP contribution is -2.35. The first-order valence-corrected chi connectivity index (χ1v) is 14.5. The van der Waals surface area contributed by atoms with Gasteiger partial charge in [0.05, 0.1) is 30.8 Å². The monoisotopic (exact) mass is 615 g/mol. The van der Waals surface area contributed by atoms with E-state index >= 15 is 0 Å². The van der Waals surface area contributed by atoms with Crippen LogP contribution in [0.25, 0.3) is 11.0 Å². The Morgan fingerprint density at radius 3 is 2.19 bits per heavy atom. The first-order chi connectivity index (χ1) is 20.6. The van der Waals surface area contributed by atoms with Crippen molar-refractivity contribution in [2.45, 2.75) is 13.0 Å². The summed E-state index contributed by atoms with van der Waals surface area (Å²) in [6.45, 7) is 1.29. The highest BCUT2D eigenvalue weighted by Gasteiger charge is 2.24. The van der Waals surface area contributed by atoms with E-state index in [1.807, 2.05) is 0 Å². The number of para-hydroxylation sites is 2. The van der Waals surface area contributed by atoms with E-state index in [-0.39, 0.29) is 53.8 Å². The van der Waals surface area contributed by atoms with Gasteiger partial charge in [-0.2, -0.15) is 0 Å². The van der Waals surface area contributed by atoms with Gasteiger partial charge in [-0.15, -0.1) is 0 Å². The number of rotatable bonds is 15. The van der Waals surface area contributed by atoms with Crippen molar-refractivity contribution in [3.05, 3.63) is 59.8 Å². The zero-order valence-corrected chi connectivity index (χ0v) is 24.2. The molecule has 0 spiro atoms. The van der Waals surface area contributed by atoms with Crippen molar-refractivity contribution < 1.29 is 47.5 Å². The van der Waals surface area contributed by atoms with E-state index in [9.17, 15) is 18.9 Å². The molecule has 0 unspecified atom stereocenters. The number of nitrogens with zero attached hydrogens (tertiary/aromatic N) is 3. The van der Waals surface area contributed by atoms with Crippen LogP contribution in [0.5, 0.6) is 23.1 Å². The van der Waals surface area contributed by atoms with Crippen molar-refractivity contribution in [2.75, 3.05) is 40.4 Å². The number of carbonyl (C=O) groups excluding carboxylic acids is 3. The second-order valence-corrected chi connectivity index (χ2v) is 10.2. The molecule has 0 saturated carbocycles. The van der Waals surface area contributed by atoms with E-state index in [2.05, 4.69) is 25.1 Å². The molecule has 4 rings (SSSR count). The Labute approximate surface area is 246 Å². The molecule has 0 saturated heterocycles. The Morgan fingerprint density at radius 1 is 0.953 bits per heavy atom. The second kappa shape index (κ2) is 14.1. The Kier molecular flexibility index (Phi) is 10.3. The van der Waals surface area contributed by atoms with Crippen LogP contribution < -0.4 is 29.4 Å². The molecule has 228 valence electrons. The normalized spacial score (nSPS) is 13.0. The molecule has 0 atom stereocenters. The molecule has 43 heavy (non-hydrogen) atoms. The average Bonchev–Trinajstić information content (AvgIpc) is 3.30. The van der Waals surface area contributed by atoms with E-state index in [1.54, 1.807) is 24.3 Å². The number of imide groups is 1. The predicted molar refractivity (Wildman–Crippen MR) is 152 cm³/mol. The molecule has 16 heteroatoms. The number of amides is 3. The minimum absolute atomic E-state index is 0.0580. The smallest absolute Gasteiger partial charge is 0.496 e. The summed E-state index contributed by atoms with van der Waals surface area (Å²) in [5, 5.41) is 5.91. The minimum atomic E-state index is -4.83. The third-order valence-corrected chi connectivity index (χ3v) is 6.58. The summed E-state index contributed by atoms with van der Waals surface area (Å²) in [5.74, 6) is -1.10. The molecule has 1 aromatic heterocycles. The third-order valence-electron chi connectivity index (χ3n) is 6.14. The lowest BCUT2D eigenvalue weighted by atomic mass is 10.1. The van der Waals surface area contributed by atoms with Gasteiger partial charge in [0.15, 0.2) is 5.69 Å². The summed E-state index contributed by atoms with van der Waals surface area (Å²) in [4.78, 5) is 64.8. The standard InChI is InChI=1S/C27H30N5O10P/c1-39-21-14-17(42-43(36,37)38)15-22(40-2)18(21)16-41-27-25(30-19-6-3-4-7-20(19)31-27)26(35)29-12-11-28-10-5-13-32-23(33)8-9-24(32)34/h3-4,6-9,14-15,28H,5,10-13,16H2,1-2H3,(H,29,35)(H2,36,37,38). The van der Waals surface area contributed by atoms with Crippen LogP contribution >= 0.6 is 7.82 Å². The minimum Gasteiger partial charge on any atom is -0.496 e. The second-order valence-electron chi connectivity index (χ2n) is 9.06. The van der Waals surface area contributed by atoms with E-state index in [1.165, 1.54) is 43.4 Å². The SMILES string of the molecule is COc1cc(OP(=O)(O)O)cc(OC)c1COc1nc2ccccc2nc1C(=O)NCCNCCCN1C(=O)C=CC1=O. The molecule has 2 heterocycles. The zero-order valence-electron chi connectivity index (χ0n) is 23.3. The van der Waals surface area contributed by atoms with Gasteiger partial charge in [-0.3, -0.25) is 29.1 Å². The van der Waals surface area contributed by atoms with Gasteiger partial charge in [-0.25, -0.2) is 14.5 Å². The number of phosphoric acid groups is 1. The van der Waals surface area contributed by atoms with Gasteiger partial charge in [0.2, 0.25) is 5.88 Å². The summed E-state index contributed by atoms with van der Waals surface area (Å²) in [7, 11) is -2.13. The van der Waals surface area contributed by atoms with Crippen molar-refractivity contribution >= 4 is 36.6 Å². The van der Waals surface area contributed by atoms with Crippen LogP contribution in [0.15, 0.2) is 48.6 Å². The van der Waals surface area contributed by atoms with Gasteiger partial charge in [0.25, 0.3) is 17.7 Å². The van der Waals surface area contributed by atoms with E-state index in [0.29, 0.717) is 42.7 Å². The van der Waals surface area contributed by atoms with Crippen LogP contribution in [0.4, 0.5) is 0 Å². The summed E-state index contributed by atoms with van der Waals surface area (Å²) in [5.41, 5.74) is 1.27. The molecule has 0 aliphatic carbocycles. The van der Waals surface area contributed by atoms with Crippen LogP contribution in [-0.2, 0) is 20.8 Å². The molecule has 0 fully saturated rings. The van der Waals surface area contributed by atoms with Crippen molar-refractivity contribution in [3.63, 3.8) is 0 Å². The average molecular weight is 616 g/mol. The quantitative estimate of drug-likeness (QED) is 0.109. The van der Waals surface area contributed by atoms with Crippen molar-refractivity contribution in [3.8, 4) is 23.1 Å². The predicted octanol–water partition coefficient (Wildman–Crippen LogP) is 1.33. The van der Waals surface area contributed by atoms with E-state index in [0.717, 1.165) is 0 Å². The van der Waals surface area contributed by atoms with Crippen molar-refractivity contribution in [1.82, 2.24) is 25.5 Å². The highest BCUT2D eigenvalue weighted by Crippen LogP contribution is 2.42. The number of hydrogen-bond donors (Lipinski definition) is 4. The fraction of sp³-hybridized carbons (Fsp3) is 0.296. The molecule has 3 amide bonds. The molecule has 2 aromatic carbocycles. The molecular formula is C27H30N5O10P. The maximum atomic E-state index is 13.1. The maximum absolute atomic E-state index is 13.1. The molecule has 1 aliphatic rings. The Morgan fingerprint density at radius 2 is 1.58 bits per heavy atom. The third kappa shape index (κ3) is 8.26. The van der Waals surface area contributed by atoms with Gasteiger partial charge in [-0.05, 0) is 25.1 Å². The molecule has 1 aliphatic heterocycles. The van der Waals surface area contributed by atoms with E-state index < -0.39 is 13.7 Å². The highest BCUT2D eigenvalue weighted by molar-refractivity contribution is 7.46. The zero-order chi connectivity index (χ0) is 31.0. The summed E-state index contributed by atoms with van der Waals surface area (Å²) >= 11 is 0. The number of ether oxygens (including phenoxy) is 3. The first-order valence-electron chi connectivity index (χ1n) is 13.0. The number of nitrogens with one attached hydrogen (secondary N) is 2. The molecule has 0 radical (unpaired) electrons. The topological polar surface area (TPSA) is 199 Å². The number of fused-ring (bicyclic) bond motifs is 1. The van der Waals surface area contributed by atoms with Crippen LogP contribution in [0.3, 0.4) is 0 Å². The van der Waals surface area contributed by atoms with Crippen LogP contribution in [0.1, 0.15) is 22.5 Å². The molecular weight excluding hydrogens is 585 g/mol. The summed E-state index contributed by atoms with van der Waals surface area (Å²) in [6, 6.07) is 9.50. The first kappa shape index (κ1) is 31.4. The molecule has 3 aromatic rings. The van der Waals surface area contributed by atoms with Gasteiger partial charge >= 0.3 is 7.82 Å². The van der Waals surface area contributed by atoms with Crippen molar-refractivity contribution in [2.24, 2.45) is 0 Å². The number of aromatic nitrogens is 2. The lowest BCUT2D eigenvalue weighted by molar-refractivity contribution is -0.136. The Hall–Kier alpha value is -4.56. The van der Waals surface area contributed by atoms with Crippen LogP contribution in [0.2, 0.25) is 0 Å². The number of phosphoric ester groups is 1. The largest absolute Gasteiger partial charge is 0.524 e. The number of benzene rings is 2. The van der Waals surface area contributed by atoms with Crippen LogP contribution in [0, 0.1) is 0 Å². The Bertz CT molecular complexity index is 1550. The number of carbonyl (C=O) groups is 3.